The van der Waals surface area contributed by atoms with E-state index >= 15 is 0 Å². The zero-order chi connectivity index (χ0) is 14.3. The van der Waals surface area contributed by atoms with Gasteiger partial charge >= 0.3 is 0 Å². The minimum atomic E-state index is -0.869. The summed E-state index contributed by atoms with van der Waals surface area (Å²) < 4.78 is 0. The molecule has 1 atom stereocenters. The summed E-state index contributed by atoms with van der Waals surface area (Å²) in [4.78, 5) is 0. The molecule has 1 nitrogen and oxygen atoms in total. The molecular formula is C18H26O. The molecule has 0 heterocycles. The van der Waals surface area contributed by atoms with Crippen molar-refractivity contribution in [2.24, 2.45) is 0 Å². The van der Waals surface area contributed by atoms with Gasteiger partial charge in [-0.25, -0.2) is 0 Å². The topological polar surface area (TPSA) is 20.2 Å². The van der Waals surface area contributed by atoms with Crippen LogP contribution in [0.2, 0.25) is 0 Å². The summed E-state index contributed by atoms with van der Waals surface area (Å²) >= 11 is 0. The van der Waals surface area contributed by atoms with Gasteiger partial charge in [-0.3, -0.25) is 0 Å². The lowest BCUT2D eigenvalue weighted by atomic mass is 9.98. The minimum absolute atomic E-state index is 0.755. The van der Waals surface area contributed by atoms with Crippen LogP contribution in [0.15, 0.2) is 18.2 Å². The molecule has 0 aliphatic rings. The molecule has 19 heavy (non-hydrogen) atoms. The van der Waals surface area contributed by atoms with Crippen LogP contribution in [0.3, 0.4) is 0 Å². The second-order valence-corrected chi connectivity index (χ2v) is 5.63. The fourth-order valence-corrected chi connectivity index (χ4v) is 1.98. The van der Waals surface area contributed by atoms with Crippen molar-refractivity contribution in [3.05, 3.63) is 34.9 Å². The lowest BCUT2D eigenvalue weighted by Gasteiger charge is -2.15. The predicted octanol–water partition coefficient (Wildman–Crippen LogP) is 4.38. The Morgan fingerprint density at radius 2 is 1.84 bits per heavy atom. The van der Waals surface area contributed by atoms with Crippen molar-refractivity contribution >= 4 is 0 Å². The summed E-state index contributed by atoms with van der Waals surface area (Å²) in [5.41, 5.74) is 2.63. The largest absolute Gasteiger partial charge is 0.378 e. The van der Waals surface area contributed by atoms with E-state index in [1.165, 1.54) is 30.4 Å². The summed E-state index contributed by atoms with van der Waals surface area (Å²) in [5, 5.41) is 10.2. The lowest BCUT2D eigenvalue weighted by molar-refractivity contribution is 0.109. The van der Waals surface area contributed by atoms with Gasteiger partial charge in [-0.2, -0.15) is 0 Å². The Hall–Kier alpha value is -1.26. The average Bonchev–Trinajstić information content (AvgIpc) is 2.36. The second kappa shape index (κ2) is 7.36. The SMILES string of the molecule is CCCCCCC(C)(O)C#Cc1ccc(C)c(C)c1. The number of unbranched alkanes of at least 4 members (excludes halogenated alkanes) is 3. The molecule has 1 aromatic carbocycles. The van der Waals surface area contributed by atoms with Crippen molar-refractivity contribution < 1.29 is 5.11 Å². The van der Waals surface area contributed by atoms with E-state index in [1.54, 1.807) is 0 Å². The van der Waals surface area contributed by atoms with Crippen molar-refractivity contribution in [1.29, 1.82) is 0 Å². The molecule has 1 N–H and O–H groups in total. The van der Waals surface area contributed by atoms with Crippen LogP contribution in [-0.4, -0.2) is 10.7 Å². The minimum Gasteiger partial charge on any atom is -0.378 e. The van der Waals surface area contributed by atoms with Crippen LogP contribution in [0.4, 0.5) is 0 Å². The summed E-state index contributed by atoms with van der Waals surface area (Å²) in [5.74, 6) is 6.10. The van der Waals surface area contributed by atoms with E-state index in [-0.39, 0.29) is 0 Å². The van der Waals surface area contributed by atoms with E-state index in [0.29, 0.717) is 0 Å². The van der Waals surface area contributed by atoms with E-state index in [1.807, 2.05) is 13.0 Å². The van der Waals surface area contributed by atoms with Gasteiger partial charge in [0.2, 0.25) is 0 Å². The number of aryl methyl sites for hydroxylation is 2. The van der Waals surface area contributed by atoms with Crippen LogP contribution < -0.4 is 0 Å². The first kappa shape index (κ1) is 15.8. The molecule has 0 saturated carbocycles. The van der Waals surface area contributed by atoms with E-state index in [0.717, 1.165) is 18.4 Å². The first-order chi connectivity index (χ1) is 8.94. The van der Waals surface area contributed by atoms with Crippen LogP contribution in [0.25, 0.3) is 0 Å². The predicted molar refractivity (Wildman–Crippen MR) is 82.2 cm³/mol. The van der Waals surface area contributed by atoms with Crippen molar-refractivity contribution in [1.82, 2.24) is 0 Å². The monoisotopic (exact) mass is 258 g/mol. The van der Waals surface area contributed by atoms with Crippen LogP contribution >= 0.6 is 0 Å². The molecule has 1 aromatic rings. The van der Waals surface area contributed by atoms with Gasteiger partial charge in [-0.1, -0.05) is 44.1 Å². The van der Waals surface area contributed by atoms with Gasteiger partial charge in [-0.05, 0) is 56.9 Å². The van der Waals surface area contributed by atoms with E-state index < -0.39 is 5.60 Å². The molecule has 0 aliphatic carbocycles. The van der Waals surface area contributed by atoms with Crippen LogP contribution in [0.1, 0.15) is 62.6 Å². The molecular weight excluding hydrogens is 232 g/mol. The van der Waals surface area contributed by atoms with Gasteiger partial charge in [0, 0.05) is 5.56 Å². The number of hydrogen-bond acceptors (Lipinski definition) is 1. The number of rotatable bonds is 5. The van der Waals surface area contributed by atoms with Crippen molar-refractivity contribution in [3.63, 3.8) is 0 Å². The second-order valence-electron chi connectivity index (χ2n) is 5.63. The standard InChI is InChI=1S/C18H26O/c1-5-6-7-8-12-18(4,19)13-11-17-10-9-15(2)16(3)14-17/h9-10,14,19H,5-8,12H2,1-4H3. The lowest BCUT2D eigenvalue weighted by Crippen LogP contribution is -2.21. The van der Waals surface area contributed by atoms with Crippen LogP contribution in [-0.2, 0) is 0 Å². The fraction of sp³-hybridized carbons (Fsp3) is 0.556. The molecule has 0 aliphatic heterocycles. The van der Waals surface area contributed by atoms with Gasteiger partial charge < -0.3 is 5.11 Å². The van der Waals surface area contributed by atoms with E-state index in [2.05, 4.69) is 44.7 Å². The van der Waals surface area contributed by atoms with Gasteiger partial charge in [0.15, 0.2) is 0 Å². The van der Waals surface area contributed by atoms with Gasteiger partial charge in [-0.15, -0.1) is 0 Å². The van der Waals surface area contributed by atoms with Gasteiger partial charge in [0.25, 0.3) is 0 Å². The molecule has 1 heteroatoms. The molecule has 0 spiro atoms. The quantitative estimate of drug-likeness (QED) is 0.614. The Morgan fingerprint density at radius 3 is 2.47 bits per heavy atom. The highest BCUT2D eigenvalue weighted by atomic mass is 16.3. The third-order valence-corrected chi connectivity index (χ3v) is 3.50. The third kappa shape index (κ3) is 5.94. The normalized spacial score (nSPS) is 13.5. The summed E-state index contributed by atoms with van der Waals surface area (Å²) in [6, 6.07) is 6.17. The summed E-state index contributed by atoms with van der Waals surface area (Å²) in [6.07, 6.45) is 5.43. The highest BCUT2D eigenvalue weighted by Gasteiger charge is 2.15. The maximum atomic E-state index is 10.2. The third-order valence-electron chi connectivity index (χ3n) is 3.50. The molecule has 0 bridgehead atoms. The molecule has 0 aromatic heterocycles. The zero-order valence-electron chi connectivity index (χ0n) is 12.7. The van der Waals surface area contributed by atoms with Crippen LogP contribution in [0.5, 0.6) is 0 Å². The summed E-state index contributed by atoms with van der Waals surface area (Å²) in [7, 11) is 0. The Morgan fingerprint density at radius 1 is 1.11 bits per heavy atom. The molecule has 1 unspecified atom stereocenters. The maximum absolute atomic E-state index is 10.2. The Labute approximate surface area is 118 Å². The molecule has 0 saturated heterocycles. The average molecular weight is 258 g/mol. The van der Waals surface area contributed by atoms with E-state index in [9.17, 15) is 5.11 Å². The molecule has 1 rings (SSSR count). The molecule has 0 fully saturated rings. The maximum Gasteiger partial charge on any atom is 0.123 e. The summed E-state index contributed by atoms with van der Waals surface area (Å²) in [6.45, 7) is 8.19. The zero-order valence-corrected chi connectivity index (χ0v) is 12.7. The number of hydrogen-bond donors (Lipinski definition) is 1. The van der Waals surface area contributed by atoms with Gasteiger partial charge in [0.05, 0.1) is 0 Å². The van der Waals surface area contributed by atoms with Crippen molar-refractivity contribution in [2.45, 2.75) is 65.4 Å². The van der Waals surface area contributed by atoms with Gasteiger partial charge in [0.1, 0.15) is 5.60 Å². The molecule has 0 radical (unpaired) electrons. The first-order valence-corrected chi connectivity index (χ1v) is 7.27. The van der Waals surface area contributed by atoms with Crippen LogP contribution in [0, 0.1) is 25.7 Å². The molecule has 0 amide bonds. The fourth-order valence-electron chi connectivity index (χ4n) is 1.98. The Kier molecular flexibility index (Phi) is 6.12. The Balaban J connectivity index is 2.61. The number of benzene rings is 1. The first-order valence-electron chi connectivity index (χ1n) is 7.27. The highest BCUT2D eigenvalue weighted by molar-refractivity contribution is 5.41. The molecule has 104 valence electrons. The Bertz CT molecular complexity index is 460. The van der Waals surface area contributed by atoms with Crippen molar-refractivity contribution in [2.75, 3.05) is 0 Å². The highest BCUT2D eigenvalue weighted by Crippen LogP contribution is 2.15. The number of aliphatic hydroxyl groups is 1. The van der Waals surface area contributed by atoms with Crippen molar-refractivity contribution in [3.8, 4) is 11.8 Å². The smallest absolute Gasteiger partial charge is 0.123 e. The van der Waals surface area contributed by atoms with E-state index in [4.69, 9.17) is 0 Å².